The fraction of sp³-hybridized carbons (Fsp3) is 0.542. The number of hydrogen-bond donors (Lipinski definition) is 0. The van der Waals surface area contributed by atoms with Crippen molar-refractivity contribution in [3.8, 4) is 0 Å². The van der Waals surface area contributed by atoms with Crippen molar-refractivity contribution in [3.05, 3.63) is 41.1 Å². The van der Waals surface area contributed by atoms with Crippen LogP contribution in [0.3, 0.4) is 0 Å². The van der Waals surface area contributed by atoms with Crippen molar-refractivity contribution in [1.29, 1.82) is 0 Å². The molecular weight excluding hydrogens is 424 g/mol. The lowest BCUT2D eigenvalue weighted by molar-refractivity contribution is 0.0231. The van der Waals surface area contributed by atoms with Crippen LogP contribution in [0.2, 0.25) is 0 Å². The van der Waals surface area contributed by atoms with E-state index in [-0.39, 0.29) is 23.0 Å². The molecule has 0 saturated carbocycles. The van der Waals surface area contributed by atoms with Crippen LogP contribution in [0.25, 0.3) is 0 Å². The Kier molecular flexibility index (Phi) is 5.99. The van der Waals surface area contributed by atoms with Gasteiger partial charge in [0, 0.05) is 43.6 Å². The third-order valence-corrected chi connectivity index (χ3v) is 8.56. The van der Waals surface area contributed by atoms with Gasteiger partial charge in [0.05, 0.1) is 18.7 Å². The van der Waals surface area contributed by atoms with Gasteiger partial charge < -0.3 is 19.3 Å². The summed E-state index contributed by atoms with van der Waals surface area (Å²) >= 11 is 0. The van der Waals surface area contributed by atoms with E-state index in [0.29, 0.717) is 24.7 Å². The van der Waals surface area contributed by atoms with Crippen LogP contribution in [-0.2, 0) is 26.8 Å². The molecule has 3 aliphatic rings. The van der Waals surface area contributed by atoms with E-state index in [1.54, 1.807) is 6.07 Å². The molecule has 8 heteroatoms. The van der Waals surface area contributed by atoms with Crippen molar-refractivity contribution in [2.75, 3.05) is 55.2 Å². The Bertz CT molecular complexity index is 1000. The van der Waals surface area contributed by atoms with Gasteiger partial charge in [0.1, 0.15) is 23.8 Å². The summed E-state index contributed by atoms with van der Waals surface area (Å²) in [6.07, 6.45) is 5.25. The molecule has 0 bridgehead atoms. The molecule has 0 spiro atoms. The SMILES string of the molecule is Cc1cccc(C(=O)OC2CN(c3nc4c(c(N(C)C5CCOCC5)n3)[S+](C)CC4)C2)c1. The number of nitrogens with zero attached hydrogens (tertiary/aromatic N) is 4. The maximum Gasteiger partial charge on any atom is 0.338 e. The molecule has 4 heterocycles. The maximum atomic E-state index is 12.5. The van der Waals surface area contributed by atoms with Gasteiger partial charge in [0.15, 0.2) is 5.82 Å². The molecule has 2 aromatic rings. The molecule has 7 nitrogen and oxygen atoms in total. The van der Waals surface area contributed by atoms with Crippen molar-refractivity contribution in [3.63, 3.8) is 0 Å². The number of carbonyl (C=O) groups excluding carboxylic acids is 1. The van der Waals surface area contributed by atoms with Crippen LogP contribution >= 0.6 is 0 Å². The Hall–Kier alpha value is -2.32. The van der Waals surface area contributed by atoms with Gasteiger partial charge in [-0.15, -0.1) is 0 Å². The molecule has 170 valence electrons. The van der Waals surface area contributed by atoms with E-state index >= 15 is 0 Å². The summed E-state index contributed by atoms with van der Waals surface area (Å²) in [7, 11) is 2.35. The summed E-state index contributed by atoms with van der Waals surface area (Å²) in [4.78, 5) is 28.3. The number of rotatable bonds is 5. The second kappa shape index (κ2) is 8.90. The van der Waals surface area contributed by atoms with Crippen LogP contribution < -0.4 is 9.80 Å². The lowest BCUT2D eigenvalue weighted by Gasteiger charge is -2.39. The Morgan fingerprint density at radius 1 is 1.25 bits per heavy atom. The molecule has 3 aliphatic heterocycles. The molecule has 5 rings (SSSR count). The molecular formula is C24H31N4O3S+. The van der Waals surface area contributed by atoms with Gasteiger partial charge in [-0.1, -0.05) is 17.7 Å². The average molecular weight is 456 g/mol. The third-order valence-electron chi connectivity index (χ3n) is 6.63. The van der Waals surface area contributed by atoms with E-state index in [2.05, 4.69) is 23.1 Å². The van der Waals surface area contributed by atoms with E-state index < -0.39 is 0 Å². The van der Waals surface area contributed by atoms with E-state index in [0.717, 1.165) is 55.6 Å². The number of aromatic nitrogens is 2. The maximum absolute atomic E-state index is 12.5. The Morgan fingerprint density at radius 3 is 2.78 bits per heavy atom. The van der Waals surface area contributed by atoms with E-state index in [1.807, 2.05) is 25.1 Å². The van der Waals surface area contributed by atoms with E-state index in [4.69, 9.17) is 19.4 Å². The monoisotopic (exact) mass is 455 g/mol. The van der Waals surface area contributed by atoms with Crippen LogP contribution in [-0.4, -0.2) is 73.4 Å². The second-order valence-electron chi connectivity index (χ2n) is 8.97. The summed E-state index contributed by atoms with van der Waals surface area (Å²) in [5.41, 5.74) is 2.85. The van der Waals surface area contributed by atoms with Gasteiger partial charge >= 0.3 is 5.97 Å². The van der Waals surface area contributed by atoms with Crippen LogP contribution in [0, 0.1) is 6.92 Å². The van der Waals surface area contributed by atoms with Crippen molar-refractivity contribution in [1.82, 2.24) is 9.97 Å². The minimum Gasteiger partial charge on any atom is -0.455 e. The Morgan fingerprint density at radius 2 is 2.03 bits per heavy atom. The number of aryl methyl sites for hydroxylation is 2. The first-order chi connectivity index (χ1) is 15.5. The van der Waals surface area contributed by atoms with Gasteiger partial charge in [-0.05, 0) is 31.9 Å². The predicted octanol–water partition coefficient (Wildman–Crippen LogP) is 2.61. The lowest BCUT2D eigenvalue weighted by Crippen LogP contribution is -2.54. The fourth-order valence-electron chi connectivity index (χ4n) is 4.64. The molecule has 0 aliphatic carbocycles. The van der Waals surface area contributed by atoms with Gasteiger partial charge in [-0.2, -0.15) is 4.98 Å². The quantitative estimate of drug-likeness (QED) is 0.507. The molecule has 1 unspecified atom stereocenters. The summed E-state index contributed by atoms with van der Waals surface area (Å²) in [5, 5.41) is 0. The first-order valence-electron chi connectivity index (χ1n) is 11.4. The Labute approximate surface area is 192 Å². The topological polar surface area (TPSA) is 67.8 Å². The van der Waals surface area contributed by atoms with Gasteiger partial charge in [0.25, 0.3) is 0 Å². The molecule has 0 amide bonds. The van der Waals surface area contributed by atoms with Gasteiger partial charge in [0.2, 0.25) is 10.8 Å². The van der Waals surface area contributed by atoms with Gasteiger partial charge in [-0.3, -0.25) is 0 Å². The zero-order valence-electron chi connectivity index (χ0n) is 19.0. The number of hydrogen-bond acceptors (Lipinski definition) is 7. The number of anilines is 2. The zero-order valence-corrected chi connectivity index (χ0v) is 19.9. The van der Waals surface area contributed by atoms with Crippen molar-refractivity contribution < 1.29 is 14.3 Å². The predicted molar refractivity (Wildman–Crippen MR) is 127 cm³/mol. The zero-order chi connectivity index (χ0) is 22.2. The summed E-state index contributed by atoms with van der Waals surface area (Å²) < 4.78 is 11.3. The third kappa shape index (κ3) is 4.18. The normalized spacial score (nSPS) is 21.2. The molecule has 32 heavy (non-hydrogen) atoms. The fourth-order valence-corrected chi connectivity index (χ4v) is 6.40. The molecule has 0 radical (unpaired) electrons. The second-order valence-corrected chi connectivity index (χ2v) is 11.1. The standard InChI is InChI=1S/C24H31N4O3S/c1-16-5-4-6-17(13-16)23(29)31-19-14-28(15-19)24-25-20-9-12-32(3)21(20)22(26-24)27(2)18-7-10-30-11-8-18/h4-6,13,18-19H,7-12,14-15H2,1-3H3/q+1. The largest absolute Gasteiger partial charge is 0.455 e. The van der Waals surface area contributed by atoms with E-state index in [1.165, 1.54) is 10.6 Å². The molecule has 1 aromatic heterocycles. The van der Waals surface area contributed by atoms with Crippen molar-refractivity contribution in [2.45, 2.75) is 43.2 Å². The van der Waals surface area contributed by atoms with Crippen molar-refractivity contribution >= 4 is 28.6 Å². The minimum absolute atomic E-state index is 0.127. The highest BCUT2D eigenvalue weighted by Crippen LogP contribution is 2.36. The van der Waals surface area contributed by atoms with Gasteiger partial charge in [-0.25, -0.2) is 9.78 Å². The number of fused-ring (bicyclic) bond motifs is 1. The van der Waals surface area contributed by atoms with Crippen LogP contribution in [0.5, 0.6) is 0 Å². The molecule has 2 fully saturated rings. The highest BCUT2D eigenvalue weighted by Gasteiger charge is 2.40. The first kappa shape index (κ1) is 21.5. The summed E-state index contributed by atoms with van der Waals surface area (Å²) in [6, 6.07) is 7.98. The highest BCUT2D eigenvalue weighted by molar-refractivity contribution is 7.96. The lowest BCUT2D eigenvalue weighted by atomic mass is 10.1. The molecule has 2 saturated heterocycles. The van der Waals surface area contributed by atoms with Crippen molar-refractivity contribution in [2.24, 2.45) is 0 Å². The smallest absolute Gasteiger partial charge is 0.338 e. The number of ether oxygens (including phenoxy) is 2. The highest BCUT2D eigenvalue weighted by atomic mass is 32.2. The molecule has 0 N–H and O–H groups in total. The first-order valence-corrected chi connectivity index (χ1v) is 13.2. The number of benzene rings is 1. The average Bonchev–Trinajstić information content (AvgIpc) is 3.16. The van der Waals surface area contributed by atoms with Crippen LogP contribution in [0.4, 0.5) is 11.8 Å². The summed E-state index contributed by atoms with van der Waals surface area (Å²) in [5.74, 6) is 2.74. The minimum atomic E-state index is -0.261. The number of esters is 1. The Balaban J connectivity index is 1.30. The van der Waals surface area contributed by atoms with E-state index in [9.17, 15) is 4.79 Å². The van der Waals surface area contributed by atoms with Crippen LogP contribution in [0.1, 0.15) is 34.5 Å². The number of carbonyl (C=O) groups is 1. The van der Waals surface area contributed by atoms with Crippen LogP contribution in [0.15, 0.2) is 29.2 Å². The molecule has 1 aromatic carbocycles. The summed E-state index contributed by atoms with van der Waals surface area (Å²) in [6.45, 7) is 4.87. The molecule has 1 atom stereocenters.